The minimum Gasteiger partial charge on any atom is -0.416 e. The van der Waals surface area contributed by atoms with E-state index in [4.69, 9.17) is 9.16 Å². The van der Waals surface area contributed by atoms with Crippen molar-refractivity contribution in [1.29, 1.82) is 0 Å². The Morgan fingerprint density at radius 1 is 1.29 bits per heavy atom. The molecule has 0 amide bonds. The molecule has 2 atom stereocenters. The van der Waals surface area contributed by atoms with Gasteiger partial charge in [-0.2, -0.15) is 0 Å². The molecule has 118 valence electrons. The van der Waals surface area contributed by atoms with Gasteiger partial charge >= 0.3 is 0 Å². The number of hydrogen-bond donors (Lipinski definition) is 1. The number of aliphatic hydroxyl groups is 1. The van der Waals surface area contributed by atoms with Crippen LogP contribution in [0, 0.1) is 0 Å². The zero-order valence-electron chi connectivity index (χ0n) is 13.8. The standard InChI is InChI=1S/C17H28O3Si/c1-16(2,3)21(4,5)20-13-17(11-15(18)19-12-17)14-9-7-6-8-10-14/h6-10,15,18H,11-13H2,1-5H3. The predicted octanol–water partition coefficient (Wildman–Crippen LogP) is 3.68. The molecular formula is C17H28O3Si. The summed E-state index contributed by atoms with van der Waals surface area (Å²) in [5, 5.41) is 10.0. The topological polar surface area (TPSA) is 38.7 Å². The van der Waals surface area contributed by atoms with Crippen molar-refractivity contribution in [2.24, 2.45) is 0 Å². The fourth-order valence-electron chi connectivity index (χ4n) is 2.42. The Balaban J connectivity index is 2.20. The molecule has 1 aliphatic heterocycles. The Morgan fingerprint density at radius 3 is 2.38 bits per heavy atom. The lowest BCUT2D eigenvalue weighted by Gasteiger charge is -2.39. The van der Waals surface area contributed by atoms with Crippen LogP contribution in [0.15, 0.2) is 30.3 Å². The van der Waals surface area contributed by atoms with Crippen LogP contribution < -0.4 is 0 Å². The average Bonchev–Trinajstić information content (AvgIpc) is 2.79. The van der Waals surface area contributed by atoms with Crippen molar-refractivity contribution in [2.75, 3.05) is 13.2 Å². The first-order valence-corrected chi connectivity index (χ1v) is 10.6. The van der Waals surface area contributed by atoms with Crippen molar-refractivity contribution in [3.63, 3.8) is 0 Å². The third kappa shape index (κ3) is 3.56. The molecule has 1 heterocycles. The molecule has 1 N–H and O–H groups in total. The van der Waals surface area contributed by atoms with E-state index in [9.17, 15) is 5.11 Å². The number of ether oxygens (including phenoxy) is 1. The van der Waals surface area contributed by atoms with Crippen molar-refractivity contribution in [1.82, 2.24) is 0 Å². The largest absolute Gasteiger partial charge is 0.416 e. The lowest BCUT2D eigenvalue weighted by atomic mass is 9.80. The summed E-state index contributed by atoms with van der Waals surface area (Å²) in [7, 11) is -1.81. The van der Waals surface area contributed by atoms with Crippen molar-refractivity contribution in [2.45, 2.75) is 57.0 Å². The summed E-state index contributed by atoms with van der Waals surface area (Å²) in [6.45, 7) is 12.4. The Kier molecular flexibility index (Phi) is 4.64. The molecule has 0 spiro atoms. The van der Waals surface area contributed by atoms with Crippen LogP contribution in [0.1, 0.15) is 32.8 Å². The van der Waals surface area contributed by atoms with Gasteiger partial charge in [-0.3, -0.25) is 0 Å². The van der Waals surface area contributed by atoms with E-state index in [1.807, 2.05) is 18.2 Å². The highest BCUT2D eigenvalue weighted by molar-refractivity contribution is 6.74. The van der Waals surface area contributed by atoms with Crippen LogP contribution in [0.25, 0.3) is 0 Å². The molecule has 1 aromatic carbocycles. The minimum atomic E-state index is -1.81. The summed E-state index contributed by atoms with van der Waals surface area (Å²) >= 11 is 0. The zero-order chi connectivity index (χ0) is 15.7. The Labute approximate surface area is 129 Å². The second-order valence-corrected chi connectivity index (χ2v) is 12.5. The van der Waals surface area contributed by atoms with E-state index in [-0.39, 0.29) is 10.5 Å². The molecule has 21 heavy (non-hydrogen) atoms. The quantitative estimate of drug-likeness (QED) is 0.862. The Hall–Kier alpha value is -0.683. The smallest absolute Gasteiger partial charge is 0.192 e. The maximum absolute atomic E-state index is 9.85. The zero-order valence-corrected chi connectivity index (χ0v) is 14.8. The predicted molar refractivity (Wildman–Crippen MR) is 87.8 cm³/mol. The molecule has 3 nitrogen and oxygen atoms in total. The van der Waals surface area contributed by atoms with Gasteiger partial charge in [0.05, 0.1) is 6.61 Å². The third-order valence-electron chi connectivity index (χ3n) is 5.02. The first-order valence-electron chi connectivity index (χ1n) is 7.65. The minimum absolute atomic E-state index is 0.183. The summed E-state index contributed by atoms with van der Waals surface area (Å²) in [5.74, 6) is 0. The molecule has 2 rings (SSSR count). The molecule has 0 aliphatic carbocycles. The summed E-state index contributed by atoms with van der Waals surface area (Å²) in [6, 6.07) is 10.3. The highest BCUT2D eigenvalue weighted by Gasteiger charge is 2.45. The van der Waals surface area contributed by atoms with Gasteiger partial charge in [-0.15, -0.1) is 0 Å². The van der Waals surface area contributed by atoms with Crippen molar-refractivity contribution >= 4 is 8.32 Å². The van der Waals surface area contributed by atoms with Gasteiger partial charge < -0.3 is 14.3 Å². The fourth-order valence-corrected chi connectivity index (χ4v) is 3.49. The molecule has 4 heteroatoms. The van der Waals surface area contributed by atoms with E-state index in [0.29, 0.717) is 19.6 Å². The number of rotatable bonds is 4. The van der Waals surface area contributed by atoms with Crippen LogP contribution >= 0.6 is 0 Å². The van der Waals surface area contributed by atoms with Gasteiger partial charge in [-0.1, -0.05) is 51.1 Å². The van der Waals surface area contributed by atoms with Crippen LogP contribution in [-0.2, 0) is 14.6 Å². The van der Waals surface area contributed by atoms with E-state index < -0.39 is 14.6 Å². The number of hydrogen-bond acceptors (Lipinski definition) is 3. The van der Waals surface area contributed by atoms with Gasteiger partial charge in [0.25, 0.3) is 0 Å². The molecule has 1 fully saturated rings. The van der Waals surface area contributed by atoms with Gasteiger partial charge in [0.1, 0.15) is 0 Å². The lowest BCUT2D eigenvalue weighted by molar-refractivity contribution is -0.0594. The number of benzene rings is 1. The summed E-state index contributed by atoms with van der Waals surface area (Å²) in [6.07, 6.45) is -0.0840. The van der Waals surface area contributed by atoms with Gasteiger partial charge in [-0.25, -0.2) is 0 Å². The van der Waals surface area contributed by atoms with Crippen LogP contribution in [0.4, 0.5) is 0 Å². The van der Waals surface area contributed by atoms with E-state index >= 15 is 0 Å². The van der Waals surface area contributed by atoms with Crippen LogP contribution in [0.2, 0.25) is 18.1 Å². The summed E-state index contributed by atoms with van der Waals surface area (Å²) in [5.41, 5.74) is 0.969. The highest BCUT2D eigenvalue weighted by Crippen LogP contribution is 2.41. The van der Waals surface area contributed by atoms with Gasteiger partial charge in [0, 0.05) is 18.4 Å². The van der Waals surface area contributed by atoms with Gasteiger partial charge in [0.15, 0.2) is 14.6 Å². The monoisotopic (exact) mass is 308 g/mol. The first-order chi connectivity index (χ1) is 9.66. The number of aliphatic hydroxyl groups excluding tert-OH is 1. The molecule has 1 aliphatic rings. The highest BCUT2D eigenvalue weighted by atomic mass is 28.4. The maximum atomic E-state index is 9.85. The first kappa shape index (κ1) is 16.7. The van der Waals surface area contributed by atoms with E-state index in [1.54, 1.807) is 0 Å². The summed E-state index contributed by atoms with van der Waals surface area (Å²) in [4.78, 5) is 0. The van der Waals surface area contributed by atoms with E-state index in [0.717, 1.165) is 0 Å². The SMILES string of the molecule is CC(C)(C)[Si](C)(C)OCC1(c2ccccc2)COC(O)C1. The molecule has 1 saturated heterocycles. The second kappa shape index (κ2) is 5.84. The second-order valence-electron chi connectivity index (χ2n) is 7.67. The lowest BCUT2D eigenvalue weighted by Crippen LogP contribution is -2.45. The molecule has 2 unspecified atom stereocenters. The van der Waals surface area contributed by atoms with Gasteiger partial charge in [-0.05, 0) is 23.7 Å². The molecule has 0 saturated carbocycles. The molecular weight excluding hydrogens is 280 g/mol. The molecule has 1 aromatic rings. The third-order valence-corrected chi connectivity index (χ3v) is 9.50. The Bertz CT molecular complexity index is 467. The van der Waals surface area contributed by atoms with E-state index in [1.165, 1.54) is 5.56 Å². The molecule has 0 aromatic heterocycles. The molecule has 0 radical (unpaired) electrons. The van der Waals surface area contributed by atoms with Crippen LogP contribution in [-0.4, -0.2) is 32.9 Å². The van der Waals surface area contributed by atoms with Crippen molar-refractivity contribution < 1.29 is 14.3 Å². The average molecular weight is 308 g/mol. The van der Waals surface area contributed by atoms with Crippen LogP contribution in [0.5, 0.6) is 0 Å². The fraction of sp³-hybridized carbons (Fsp3) is 0.647. The molecule has 0 bridgehead atoms. The van der Waals surface area contributed by atoms with Crippen molar-refractivity contribution in [3.8, 4) is 0 Å². The van der Waals surface area contributed by atoms with Crippen LogP contribution in [0.3, 0.4) is 0 Å². The van der Waals surface area contributed by atoms with Crippen molar-refractivity contribution in [3.05, 3.63) is 35.9 Å². The van der Waals surface area contributed by atoms with E-state index in [2.05, 4.69) is 46.0 Å². The Morgan fingerprint density at radius 2 is 1.90 bits per heavy atom. The van der Waals surface area contributed by atoms with Gasteiger partial charge in [0.2, 0.25) is 0 Å². The summed E-state index contributed by atoms with van der Waals surface area (Å²) < 4.78 is 11.9. The maximum Gasteiger partial charge on any atom is 0.192 e. The normalized spacial score (nSPS) is 27.0.